The average Bonchev–Trinajstić information content (AvgIpc) is 3.54. The minimum Gasteiger partial charge on any atom is -0.413 e. The van der Waals surface area contributed by atoms with Crippen molar-refractivity contribution in [3.63, 3.8) is 0 Å². The smallest absolute Gasteiger partial charge is 0.195 e. The van der Waals surface area contributed by atoms with E-state index in [1.165, 1.54) is 32.1 Å². The molecule has 0 bridgehead atoms. The summed E-state index contributed by atoms with van der Waals surface area (Å²) in [5.41, 5.74) is 3.52. The van der Waals surface area contributed by atoms with Gasteiger partial charge in [0.2, 0.25) is 0 Å². The van der Waals surface area contributed by atoms with Crippen LogP contribution in [0.4, 0.5) is 0 Å². The van der Waals surface area contributed by atoms with Gasteiger partial charge >= 0.3 is 0 Å². The molecular formula is C30H39N3O2Si. The third-order valence-corrected chi connectivity index (χ3v) is 12.1. The van der Waals surface area contributed by atoms with Crippen LogP contribution >= 0.6 is 0 Å². The van der Waals surface area contributed by atoms with E-state index in [1.54, 1.807) is 17.1 Å². The van der Waals surface area contributed by atoms with Crippen molar-refractivity contribution in [3.8, 4) is 11.1 Å². The lowest BCUT2D eigenvalue weighted by atomic mass is 10.1. The fraction of sp³-hybridized carbons (Fsp3) is 0.433. The molecule has 2 heterocycles. The van der Waals surface area contributed by atoms with Crippen LogP contribution in [0.2, 0.25) is 18.1 Å². The van der Waals surface area contributed by atoms with E-state index < -0.39 is 8.32 Å². The number of aromatic nitrogens is 3. The lowest BCUT2D eigenvalue weighted by Crippen LogP contribution is -2.40. The first-order chi connectivity index (χ1) is 17.0. The lowest BCUT2D eigenvalue weighted by Gasteiger charge is -2.36. The molecule has 1 aliphatic rings. The molecular weight excluding hydrogens is 462 g/mol. The van der Waals surface area contributed by atoms with Crippen LogP contribution in [0, 0.1) is 0 Å². The molecule has 5 rings (SSSR count). The summed E-state index contributed by atoms with van der Waals surface area (Å²) in [6.45, 7) is 11.7. The molecule has 0 aliphatic heterocycles. The summed E-state index contributed by atoms with van der Waals surface area (Å²) in [4.78, 5) is 18.0. The van der Waals surface area contributed by atoms with Gasteiger partial charge in [0.15, 0.2) is 13.7 Å². The van der Waals surface area contributed by atoms with Crippen molar-refractivity contribution in [2.45, 2.75) is 77.6 Å². The molecule has 0 unspecified atom stereocenters. The van der Waals surface area contributed by atoms with Gasteiger partial charge < -0.3 is 4.43 Å². The van der Waals surface area contributed by atoms with E-state index in [2.05, 4.69) is 43.9 Å². The van der Waals surface area contributed by atoms with Crippen LogP contribution in [-0.2, 0) is 18.1 Å². The topological polar surface area (TPSA) is 57.0 Å². The number of aryl methyl sites for hydroxylation is 1. The van der Waals surface area contributed by atoms with Crippen molar-refractivity contribution in [3.05, 3.63) is 70.8 Å². The first-order valence-corrected chi connectivity index (χ1v) is 15.9. The summed E-state index contributed by atoms with van der Waals surface area (Å²) in [6, 6.07) is 11.8. The Morgan fingerprint density at radius 1 is 0.917 bits per heavy atom. The maximum atomic E-state index is 13.5. The lowest BCUT2D eigenvalue weighted by molar-refractivity contribution is 0.276. The van der Waals surface area contributed by atoms with E-state index in [4.69, 9.17) is 4.43 Å². The normalized spacial score (nSPS) is 14.2. The Kier molecular flexibility index (Phi) is 7.76. The highest BCUT2D eigenvalue weighted by Crippen LogP contribution is 2.37. The van der Waals surface area contributed by atoms with Gasteiger partial charge in [0.05, 0.1) is 18.3 Å². The molecule has 6 heteroatoms. The standard InChI is InChI=1S/C25H29N3O2Si.C5H10/c1-25(2,3)31(5,6)30-16-17-7-8-18-9-10-23-22(24(29)21(18)11-17)12-19(13-26-23)20-14-27-28(4)15-20;1-2-4-5-3-1/h7-15H,16H2,1-6H3;1-5H2. The van der Waals surface area contributed by atoms with E-state index in [0.717, 1.165) is 22.1 Å². The maximum Gasteiger partial charge on any atom is 0.195 e. The monoisotopic (exact) mass is 501 g/mol. The zero-order valence-corrected chi connectivity index (χ0v) is 23.6. The molecule has 4 aromatic rings. The second-order valence-electron chi connectivity index (χ2n) is 11.5. The van der Waals surface area contributed by atoms with Gasteiger partial charge in [-0.1, -0.05) is 71.1 Å². The zero-order valence-electron chi connectivity index (χ0n) is 22.6. The number of nitrogens with zero attached hydrogens (tertiary/aromatic N) is 3. The summed E-state index contributed by atoms with van der Waals surface area (Å²) in [5.74, 6) is 0. The minimum atomic E-state index is -1.87. The van der Waals surface area contributed by atoms with E-state index in [-0.39, 0.29) is 10.5 Å². The van der Waals surface area contributed by atoms with Crippen LogP contribution in [-0.4, -0.2) is 23.1 Å². The van der Waals surface area contributed by atoms with Gasteiger partial charge in [-0.25, -0.2) is 0 Å². The summed E-state index contributed by atoms with van der Waals surface area (Å²) in [6.07, 6.45) is 13.0. The third-order valence-electron chi connectivity index (χ3n) is 7.64. The van der Waals surface area contributed by atoms with Gasteiger partial charge in [-0.3, -0.25) is 14.5 Å². The van der Waals surface area contributed by atoms with Crippen LogP contribution in [0.5, 0.6) is 0 Å². The Morgan fingerprint density at radius 3 is 2.19 bits per heavy atom. The van der Waals surface area contributed by atoms with E-state index in [9.17, 15) is 4.79 Å². The van der Waals surface area contributed by atoms with Crippen molar-refractivity contribution in [1.29, 1.82) is 0 Å². The van der Waals surface area contributed by atoms with E-state index in [1.807, 2.05) is 49.6 Å². The SMILES string of the molecule is C1CCCC1.Cn1cc(-c2cnc3ccc4ccc(CO[Si](C)(C)C(C)(C)C)cc4c(=O)c3c2)cn1. The fourth-order valence-electron chi connectivity index (χ4n) is 4.23. The van der Waals surface area contributed by atoms with Gasteiger partial charge in [0.1, 0.15) is 0 Å². The number of rotatable bonds is 4. The number of pyridine rings is 1. The van der Waals surface area contributed by atoms with Crippen molar-refractivity contribution in [2.24, 2.45) is 7.05 Å². The van der Waals surface area contributed by atoms with Crippen LogP contribution in [0.1, 0.15) is 58.4 Å². The number of hydrogen-bond donors (Lipinski definition) is 0. The van der Waals surface area contributed by atoms with Gasteiger partial charge in [0, 0.05) is 41.3 Å². The molecule has 5 nitrogen and oxygen atoms in total. The van der Waals surface area contributed by atoms with Crippen LogP contribution in [0.15, 0.2) is 59.8 Å². The van der Waals surface area contributed by atoms with Gasteiger partial charge in [-0.05, 0) is 47.3 Å². The molecule has 0 atom stereocenters. The molecule has 0 amide bonds. The molecule has 36 heavy (non-hydrogen) atoms. The van der Waals surface area contributed by atoms with Crippen LogP contribution in [0.25, 0.3) is 32.8 Å². The van der Waals surface area contributed by atoms with Crippen LogP contribution in [0.3, 0.4) is 0 Å². The molecule has 2 aromatic carbocycles. The van der Waals surface area contributed by atoms with Crippen molar-refractivity contribution in [2.75, 3.05) is 0 Å². The highest BCUT2D eigenvalue weighted by Gasteiger charge is 2.37. The molecule has 1 fully saturated rings. The molecule has 0 radical (unpaired) electrons. The molecule has 190 valence electrons. The first-order valence-electron chi connectivity index (χ1n) is 13.0. The quantitative estimate of drug-likeness (QED) is 0.270. The highest BCUT2D eigenvalue weighted by atomic mass is 28.4. The Hall–Kier alpha value is -2.83. The van der Waals surface area contributed by atoms with Gasteiger partial charge in [-0.15, -0.1) is 0 Å². The number of fused-ring (bicyclic) bond motifs is 2. The Bertz CT molecular complexity index is 1410. The number of benzene rings is 1. The molecule has 2 aromatic heterocycles. The minimum absolute atomic E-state index is 0.0117. The Balaban J connectivity index is 0.000000543. The first kappa shape index (κ1) is 26.2. The summed E-state index contributed by atoms with van der Waals surface area (Å²) < 4.78 is 8.12. The molecule has 1 saturated carbocycles. The molecule has 0 N–H and O–H groups in total. The predicted molar refractivity (Wildman–Crippen MR) is 153 cm³/mol. The van der Waals surface area contributed by atoms with Gasteiger partial charge in [0.25, 0.3) is 0 Å². The Labute approximate surface area is 215 Å². The maximum absolute atomic E-state index is 13.5. The van der Waals surface area contributed by atoms with Crippen molar-refractivity contribution >= 4 is 30.0 Å². The molecule has 1 aliphatic carbocycles. The van der Waals surface area contributed by atoms with Gasteiger partial charge in [-0.2, -0.15) is 5.10 Å². The molecule has 0 saturated heterocycles. The van der Waals surface area contributed by atoms with E-state index >= 15 is 0 Å². The van der Waals surface area contributed by atoms with Crippen molar-refractivity contribution in [1.82, 2.24) is 14.8 Å². The summed E-state index contributed by atoms with van der Waals surface area (Å²) in [5, 5.41) is 6.58. The third kappa shape index (κ3) is 5.93. The second-order valence-corrected chi connectivity index (χ2v) is 16.3. The van der Waals surface area contributed by atoms with Crippen LogP contribution < -0.4 is 5.43 Å². The Morgan fingerprint density at radius 2 is 1.58 bits per heavy atom. The number of hydrogen-bond acceptors (Lipinski definition) is 4. The summed E-state index contributed by atoms with van der Waals surface area (Å²) >= 11 is 0. The van der Waals surface area contributed by atoms with Crippen molar-refractivity contribution < 1.29 is 4.43 Å². The second kappa shape index (κ2) is 10.6. The van der Waals surface area contributed by atoms with E-state index in [0.29, 0.717) is 22.9 Å². The zero-order chi connectivity index (χ0) is 25.9. The molecule has 0 spiro atoms. The fourth-order valence-corrected chi connectivity index (χ4v) is 5.19. The largest absolute Gasteiger partial charge is 0.413 e. The highest BCUT2D eigenvalue weighted by molar-refractivity contribution is 6.74. The average molecular weight is 502 g/mol. The predicted octanol–water partition coefficient (Wildman–Crippen LogP) is 7.62. The summed E-state index contributed by atoms with van der Waals surface area (Å²) in [7, 11) is 0.00535.